The average Bonchev–Trinajstić information content (AvgIpc) is 2.93. The van der Waals surface area contributed by atoms with Crippen LogP contribution in [0.15, 0.2) is 143 Å². The zero-order valence-corrected chi connectivity index (χ0v) is 29.3. The molecule has 0 aliphatic carbocycles. The molecule has 0 aliphatic heterocycles. The van der Waals surface area contributed by atoms with Crippen molar-refractivity contribution in [3.8, 4) is 0 Å². The summed E-state index contributed by atoms with van der Waals surface area (Å²) in [6, 6.07) is 0. The van der Waals surface area contributed by atoms with E-state index < -0.39 is 11.2 Å². The summed E-state index contributed by atoms with van der Waals surface area (Å²) in [4.78, 5) is 12.1. The molecule has 0 saturated heterocycles. The van der Waals surface area contributed by atoms with Gasteiger partial charge in [0.2, 0.25) is 0 Å². The molecule has 0 bridgehead atoms. The number of carbonyl (C=O) groups excluding carboxylic acids is 1. The monoisotopic (exact) mass is 598 g/mol. The second-order valence-electron chi connectivity index (χ2n) is 12.5. The van der Waals surface area contributed by atoms with E-state index in [1.165, 1.54) is 16.7 Å². The van der Waals surface area contributed by atoms with E-state index in [9.17, 15) is 9.90 Å². The highest BCUT2D eigenvalue weighted by atomic mass is 16.5. The number of carbonyl (C=O) groups is 1. The first-order valence-corrected chi connectivity index (χ1v) is 15.5. The van der Waals surface area contributed by atoms with E-state index in [0.29, 0.717) is 0 Å². The molecule has 0 aromatic rings. The van der Waals surface area contributed by atoms with Crippen LogP contribution in [-0.4, -0.2) is 29.2 Å². The molecule has 0 spiro atoms. The SMILES string of the molecule is COC(C)(C)C(=O)/C=C/C(C)=C/C=C/C(C)=C/C=C/C(C)=C/C=C/C=C(C)/C=C/C=C(C)/C=C/C=C(\C)CCCC(C)(C)O. The van der Waals surface area contributed by atoms with Crippen LogP contribution in [0, 0.1) is 0 Å². The highest BCUT2D eigenvalue weighted by Gasteiger charge is 2.23. The van der Waals surface area contributed by atoms with Gasteiger partial charge in [0.1, 0.15) is 5.60 Å². The van der Waals surface area contributed by atoms with Gasteiger partial charge in [0.05, 0.1) is 5.60 Å². The second kappa shape index (κ2) is 22.0. The molecule has 0 fully saturated rings. The van der Waals surface area contributed by atoms with Crippen LogP contribution in [0.2, 0.25) is 0 Å². The lowest BCUT2D eigenvalue weighted by molar-refractivity contribution is -0.131. The van der Waals surface area contributed by atoms with Gasteiger partial charge in [-0.25, -0.2) is 0 Å². The Labute approximate surface area is 269 Å². The van der Waals surface area contributed by atoms with Gasteiger partial charge in [0, 0.05) is 7.11 Å². The summed E-state index contributed by atoms with van der Waals surface area (Å²) in [6.45, 7) is 19.7. The van der Waals surface area contributed by atoms with Crippen LogP contribution in [0.5, 0.6) is 0 Å². The van der Waals surface area contributed by atoms with E-state index in [4.69, 9.17) is 4.74 Å². The first-order valence-electron chi connectivity index (χ1n) is 15.5. The second-order valence-corrected chi connectivity index (χ2v) is 12.5. The lowest BCUT2D eigenvalue weighted by Crippen LogP contribution is -2.32. The Balaban J connectivity index is 4.80. The topological polar surface area (TPSA) is 46.5 Å². The van der Waals surface area contributed by atoms with Gasteiger partial charge in [-0.2, -0.15) is 0 Å². The van der Waals surface area contributed by atoms with Crippen LogP contribution in [0.4, 0.5) is 0 Å². The minimum absolute atomic E-state index is 0.0582. The number of ether oxygens (including phenoxy) is 1. The average molecular weight is 599 g/mol. The van der Waals surface area contributed by atoms with Crippen molar-refractivity contribution in [1.82, 2.24) is 0 Å². The normalized spacial score (nSPS) is 16.0. The molecule has 3 heteroatoms. The fraction of sp³-hybridized carbons (Fsp3) is 0.390. The van der Waals surface area contributed by atoms with Crippen molar-refractivity contribution >= 4 is 5.78 Å². The Morgan fingerprint density at radius 3 is 1.32 bits per heavy atom. The van der Waals surface area contributed by atoms with E-state index in [1.54, 1.807) is 27.0 Å². The molecule has 3 nitrogen and oxygen atoms in total. The first-order chi connectivity index (χ1) is 20.6. The molecule has 0 unspecified atom stereocenters. The summed E-state index contributed by atoms with van der Waals surface area (Å²) in [6.07, 6.45) is 39.3. The van der Waals surface area contributed by atoms with Crippen molar-refractivity contribution in [2.45, 2.75) is 99.7 Å². The van der Waals surface area contributed by atoms with Gasteiger partial charge in [-0.1, -0.05) is 137 Å². The molecule has 0 amide bonds. The summed E-state index contributed by atoms with van der Waals surface area (Å²) in [5.41, 5.74) is 5.58. The number of methoxy groups -OCH3 is 1. The van der Waals surface area contributed by atoms with Crippen LogP contribution >= 0.6 is 0 Å². The Morgan fingerprint density at radius 2 is 0.932 bits per heavy atom. The number of aliphatic hydroxyl groups is 1. The summed E-state index contributed by atoms with van der Waals surface area (Å²) in [5, 5.41) is 9.82. The quantitative estimate of drug-likeness (QED) is 0.126. The maximum atomic E-state index is 12.1. The number of hydrogen-bond acceptors (Lipinski definition) is 3. The van der Waals surface area contributed by atoms with Gasteiger partial charge in [0.15, 0.2) is 5.78 Å². The minimum atomic E-state index is -0.804. The summed E-state index contributed by atoms with van der Waals surface area (Å²) < 4.78 is 5.21. The standard InChI is InChI=1S/C41H58O3/c1-33(21-14-23-35(3)25-16-27-37(5)29-18-32-40(7,8)43)19-12-13-20-34(2)22-15-24-36(4)26-17-28-38(6)30-31-39(42)41(9,10)44-11/h12-17,19-28,30-31,43H,18,29,32H2,1-11H3/b13-12+,21-14+,22-15+,25-16+,26-17+,31-30+,33-19+,34-20+,35-23+,36-24+,37-27+,38-28+. The van der Waals surface area contributed by atoms with Crippen LogP contribution < -0.4 is 0 Å². The van der Waals surface area contributed by atoms with Crippen LogP contribution in [0.1, 0.15) is 88.5 Å². The molecular formula is C41H58O3. The van der Waals surface area contributed by atoms with E-state index in [1.807, 2.05) is 57.2 Å². The fourth-order valence-electron chi connectivity index (χ4n) is 3.50. The zero-order chi connectivity index (χ0) is 33.6. The predicted octanol–water partition coefficient (Wildman–Crippen LogP) is 10.9. The molecule has 240 valence electrons. The Kier molecular flexibility index (Phi) is 20.3. The number of allylic oxidation sites excluding steroid dienone is 23. The Bertz CT molecular complexity index is 1270. The smallest absolute Gasteiger partial charge is 0.186 e. The van der Waals surface area contributed by atoms with Gasteiger partial charge in [-0.05, 0) is 94.6 Å². The van der Waals surface area contributed by atoms with Crippen molar-refractivity contribution < 1.29 is 14.6 Å². The summed E-state index contributed by atoms with van der Waals surface area (Å²) >= 11 is 0. The molecule has 0 aliphatic rings. The van der Waals surface area contributed by atoms with Crippen molar-refractivity contribution in [2.24, 2.45) is 0 Å². The van der Waals surface area contributed by atoms with E-state index in [2.05, 4.69) is 101 Å². The van der Waals surface area contributed by atoms with Gasteiger partial charge < -0.3 is 9.84 Å². The molecule has 0 heterocycles. The van der Waals surface area contributed by atoms with Gasteiger partial charge >= 0.3 is 0 Å². The van der Waals surface area contributed by atoms with Gasteiger partial charge in [-0.15, -0.1) is 0 Å². The third kappa shape index (κ3) is 23.0. The number of rotatable bonds is 18. The third-order valence-electron chi connectivity index (χ3n) is 6.68. The molecule has 0 atom stereocenters. The summed E-state index contributed by atoms with van der Waals surface area (Å²) in [7, 11) is 1.54. The number of hydrogen-bond donors (Lipinski definition) is 1. The Hall–Kier alpha value is -3.53. The molecular weight excluding hydrogens is 540 g/mol. The van der Waals surface area contributed by atoms with E-state index >= 15 is 0 Å². The third-order valence-corrected chi connectivity index (χ3v) is 6.68. The molecule has 0 aromatic heterocycles. The maximum absolute atomic E-state index is 12.1. The van der Waals surface area contributed by atoms with Crippen LogP contribution in [0.25, 0.3) is 0 Å². The molecule has 0 radical (unpaired) electrons. The minimum Gasteiger partial charge on any atom is -0.390 e. The van der Waals surface area contributed by atoms with E-state index in [0.717, 1.165) is 36.0 Å². The predicted molar refractivity (Wildman–Crippen MR) is 194 cm³/mol. The van der Waals surface area contributed by atoms with Crippen molar-refractivity contribution in [1.29, 1.82) is 0 Å². The number of ketones is 1. The Morgan fingerprint density at radius 1 is 0.568 bits per heavy atom. The highest BCUT2D eigenvalue weighted by molar-refractivity contribution is 5.96. The van der Waals surface area contributed by atoms with Gasteiger partial charge in [-0.3, -0.25) is 4.79 Å². The van der Waals surface area contributed by atoms with E-state index in [-0.39, 0.29) is 5.78 Å². The van der Waals surface area contributed by atoms with Gasteiger partial charge in [0.25, 0.3) is 0 Å². The molecule has 0 aromatic carbocycles. The molecule has 0 saturated carbocycles. The van der Waals surface area contributed by atoms with Crippen molar-refractivity contribution in [3.05, 3.63) is 143 Å². The van der Waals surface area contributed by atoms with Crippen molar-refractivity contribution in [2.75, 3.05) is 7.11 Å². The fourth-order valence-corrected chi connectivity index (χ4v) is 3.50. The zero-order valence-electron chi connectivity index (χ0n) is 29.3. The first kappa shape index (κ1) is 40.5. The summed E-state index contributed by atoms with van der Waals surface area (Å²) in [5.74, 6) is -0.0582. The maximum Gasteiger partial charge on any atom is 0.186 e. The lowest BCUT2D eigenvalue weighted by Gasteiger charge is -2.18. The molecule has 44 heavy (non-hydrogen) atoms. The molecule has 0 rings (SSSR count). The van der Waals surface area contributed by atoms with Crippen molar-refractivity contribution in [3.63, 3.8) is 0 Å². The highest BCUT2D eigenvalue weighted by Crippen LogP contribution is 2.15. The molecule has 1 N–H and O–H groups in total. The van der Waals surface area contributed by atoms with Crippen LogP contribution in [-0.2, 0) is 9.53 Å². The largest absolute Gasteiger partial charge is 0.390 e. The lowest BCUT2D eigenvalue weighted by atomic mass is 9.99. The van der Waals surface area contributed by atoms with Crippen LogP contribution in [0.3, 0.4) is 0 Å².